The van der Waals surface area contributed by atoms with Crippen molar-refractivity contribution in [3.05, 3.63) is 12.7 Å². The van der Waals surface area contributed by atoms with Crippen LogP contribution in [0, 0.1) is 0 Å². The van der Waals surface area contributed by atoms with Crippen molar-refractivity contribution in [2.75, 3.05) is 13.2 Å². The van der Waals surface area contributed by atoms with E-state index in [4.69, 9.17) is 5.11 Å². The van der Waals surface area contributed by atoms with Gasteiger partial charge in [0.15, 0.2) is 0 Å². The van der Waals surface area contributed by atoms with Gasteiger partial charge < -0.3 is 14.2 Å². The van der Waals surface area contributed by atoms with Crippen LogP contribution in [0.1, 0.15) is 13.8 Å². The highest BCUT2D eigenvalue weighted by Gasteiger charge is 2.57. The smallest absolute Gasteiger partial charge is 0.382 e. The Morgan fingerprint density at radius 1 is 1.47 bits per heavy atom. The summed E-state index contributed by atoms with van der Waals surface area (Å²) in [4.78, 5) is 0. The number of alkyl halides is 2. The van der Waals surface area contributed by atoms with Gasteiger partial charge >= 0.3 is 13.3 Å². The van der Waals surface area contributed by atoms with Crippen LogP contribution in [0.3, 0.4) is 0 Å². The van der Waals surface area contributed by atoms with Gasteiger partial charge in [-0.1, -0.05) is 6.08 Å². The molecule has 0 aliphatic rings. The number of hydrogen-bond acceptors (Lipinski definition) is 4. The molecule has 0 heterocycles. The quantitative estimate of drug-likeness (QED) is 0.551. The van der Waals surface area contributed by atoms with Crippen molar-refractivity contribution >= 4 is 7.60 Å². The third-order valence-corrected chi connectivity index (χ3v) is 3.73. The maximum atomic E-state index is 13.4. The van der Waals surface area contributed by atoms with Crippen molar-refractivity contribution in [3.8, 4) is 0 Å². The highest BCUT2D eigenvalue weighted by Crippen LogP contribution is 2.63. The van der Waals surface area contributed by atoms with E-state index >= 15 is 0 Å². The van der Waals surface area contributed by atoms with Crippen molar-refractivity contribution in [1.29, 1.82) is 0 Å². The van der Waals surface area contributed by atoms with E-state index in [1.165, 1.54) is 13.8 Å². The van der Waals surface area contributed by atoms with E-state index < -0.39 is 19.4 Å². The van der Waals surface area contributed by atoms with Crippen LogP contribution < -0.4 is 0 Å². The predicted molar refractivity (Wildman–Crippen MR) is 52.0 cm³/mol. The Bertz CT molecular complexity index is 247. The summed E-state index contributed by atoms with van der Waals surface area (Å²) in [6, 6.07) is 0. The van der Waals surface area contributed by atoms with Gasteiger partial charge in [0.05, 0.1) is 13.2 Å². The van der Waals surface area contributed by atoms with Crippen molar-refractivity contribution in [3.63, 3.8) is 0 Å². The lowest BCUT2D eigenvalue weighted by Crippen LogP contribution is -2.33. The molecule has 90 valence electrons. The standard InChI is InChI=1S/C8H15F2O4P/c1-4-7(11)8(9,10)15(12,13-5-2)14-6-3/h4,7,11H,1,5-6H2,2-3H3/t7-/m0/s1. The van der Waals surface area contributed by atoms with Gasteiger partial charge in [-0.25, -0.2) is 0 Å². The Kier molecular flexibility index (Phi) is 5.59. The van der Waals surface area contributed by atoms with Crippen LogP contribution in [-0.4, -0.2) is 30.1 Å². The first kappa shape index (κ1) is 14.7. The zero-order valence-electron chi connectivity index (χ0n) is 8.65. The maximum Gasteiger partial charge on any atom is 0.402 e. The summed E-state index contributed by atoms with van der Waals surface area (Å²) in [6.07, 6.45) is -1.67. The van der Waals surface area contributed by atoms with Gasteiger partial charge in [0.25, 0.3) is 0 Å². The molecule has 0 bridgehead atoms. The van der Waals surface area contributed by atoms with E-state index in [1.807, 2.05) is 0 Å². The maximum absolute atomic E-state index is 13.4. The zero-order valence-corrected chi connectivity index (χ0v) is 9.55. The molecule has 0 radical (unpaired) electrons. The molecule has 0 saturated heterocycles. The minimum atomic E-state index is -4.65. The lowest BCUT2D eigenvalue weighted by Gasteiger charge is -2.27. The van der Waals surface area contributed by atoms with Crippen LogP contribution >= 0.6 is 7.60 Å². The largest absolute Gasteiger partial charge is 0.402 e. The van der Waals surface area contributed by atoms with Crippen LogP contribution in [0.25, 0.3) is 0 Å². The molecule has 15 heavy (non-hydrogen) atoms. The second-order valence-electron chi connectivity index (χ2n) is 2.60. The molecule has 0 rings (SSSR count). The molecule has 0 spiro atoms. The molecular weight excluding hydrogens is 229 g/mol. The minimum absolute atomic E-state index is 0.198. The topological polar surface area (TPSA) is 55.8 Å². The lowest BCUT2D eigenvalue weighted by atomic mass is 10.4. The third kappa shape index (κ3) is 3.08. The van der Waals surface area contributed by atoms with E-state index in [-0.39, 0.29) is 13.2 Å². The first-order valence-corrected chi connectivity index (χ1v) is 5.97. The summed E-state index contributed by atoms with van der Waals surface area (Å²) in [7, 11) is -4.65. The van der Waals surface area contributed by atoms with Gasteiger partial charge in [-0.3, -0.25) is 4.57 Å². The third-order valence-electron chi connectivity index (χ3n) is 1.54. The average molecular weight is 244 g/mol. The van der Waals surface area contributed by atoms with E-state index in [0.29, 0.717) is 6.08 Å². The Morgan fingerprint density at radius 2 is 1.87 bits per heavy atom. The molecule has 0 aromatic rings. The van der Waals surface area contributed by atoms with Crippen LogP contribution in [-0.2, 0) is 13.6 Å². The van der Waals surface area contributed by atoms with Crippen molar-refractivity contribution in [1.82, 2.24) is 0 Å². The molecule has 0 aliphatic carbocycles. The fourth-order valence-corrected chi connectivity index (χ4v) is 2.38. The summed E-state index contributed by atoms with van der Waals surface area (Å²) < 4.78 is 47.3. The molecule has 0 fully saturated rings. The molecular formula is C8H15F2O4P. The van der Waals surface area contributed by atoms with Gasteiger partial charge in [0.1, 0.15) is 6.10 Å². The van der Waals surface area contributed by atoms with Gasteiger partial charge in [0, 0.05) is 0 Å². The average Bonchev–Trinajstić information content (AvgIpc) is 2.17. The molecule has 0 aromatic carbocycles. The molecule has 4 nitrogen and oxygen atoms in total. The molecule has 0 saturated carbocycles. The number of aliphatic hydroxyl groups is 1. The second-order valence-corrected chi connectivity index (χ2v) is 4.71. The molecule has 0 aromatic heterocycles. The highest BCUT2D eigenvalue weighted by molar-refractivity contribution is 7.55. The molecule has 0 unspecified atom stereocenters. The van der Waals surface area contributed by atoms with Crippen molar-refractivity contribution in [2.45, 2.75) is 25.6 Å². The van der Waals surface area contributed by atoms with Crippen LogP contribution in [0.2, 0.25) is 0 Å². The van der Waals surface area contributed by atoms with Gasteiger partial charge in [-0.05, 0) is 13.8 Å². The van der Waals surface area contributed by atoms with E-state index in [2.05, 4.69) is 15.6 Å². The number of aliphatic hydroxyl groups excluding tert-OH is 1. The molecule has 0 aliphatic heterocycles. The van der Waals surface area contributed by atoms with E-state index in [0.717, 1.165) is 0 Å². The van der Waals surface area contributed by atoms with Crippen molar-refractivity contribution in [2.24, 2.45) is 0 Å². The van der Waals surface area contributed by atoms with Crippen molar-refractivity contribution < 1.29 is 27.5 Å². The van der Waals surface area contributed by atoms with E-state index in [9.17, 15) is 13.3 Å². The molecule has 7 heteroatoms. The second kappa shape index (κ2) is 5.70. The fraction of sp³-hybridized carbons (Fsp3) is 0.750. The first-order chi connectivity index (χ1) is 6.85. The molecule has 1 atom stereocenters. The Hall–Kier alpha value is -0.290. The summed E-state index contributed by atoms with van der Waals surface area (Å²) in [5.41, 5.74) is -3.99. The minimum Gasteiger partial charge on any atom is -0.382 e. The van der Waals surface area contributed by atoms with Gasteiger partial charge in [-0.2, -0.15) is 8.78 Å². The van der Waals surface area contributed by atoms with E-state index in [1.54, 1.807) is 0 Å². The number of halogens is 2. The molecule has 0 amide bonds. The monoisotopic (exact) mass is 244 g/mol. The Balaban J connectivity index is 5.04. The van der Waals surface area contributed by atoms with Gasteiger partial charge in [0.2, 0.25) is 0 Å². The molecule has 1 N–H and O–H groups in total. The number of rotatable bonds is 7. The Labute approximate surface area is 87.4 Å². The van der Waals surface area contributed by atoms with Gasteiger partial charge in [-0.15, -0.1) is 6.58 Å². The first-order valence-electron chi connectivity index (χ1n) is 4.43. The SMILES string of the molecule is C=C[C@H](O)C(F)(F)P(=O)(OCC)OCC. The number of hydrogen-bond donors (Lipinski definition) is 1. The normalized spacial score (nSPS) is 15.0. The predicted octanol–water partition coefficient (Wildman–Crippen LogP) is 2.39. The van der Waals surface area contributed by atoms with Crippen LogP contribution in [0.15, 0.2) is 12.7 Å². The summed E-state index contributed by atoms with van der Waals surface area (Å²) in [6.45, 7) is 5.41. The summed E-state index contributed by atoms with van der Waals surface area (Å²) >= 11 is 0. The summed E-state index contributed by atoms with van der Waals surface area (Å²) in [5, 5.41) is 8.97. The Morgan fingerprint density at radius 3 is 2.13 bits per heavy atom. The van der Waals surface area contributed by atoms with Crippen LogP contribution in [0.4, 0.5) is 8.78 Å². The lowest BCUT2D eigenvalue weighted by molar-refractivity contribution is -0.0433. The fourth-order valence-electron chi connectivity index (χ4n) is 0.853. The zero-order chi connectivity index (χ0) is 12.1. The summed E-state index contributed by atoms with van der Waals surface area (Å²) in [5.74, 6) is 0. The highest BCUT2D eigenvalue weighted by atomic mass is 31.2. The van der Waals surface area contributed by atoms with Crippen LogP contribution in [0.5, 0.6) is 0 Å².